The number of nitrogens with zero attached hydrogens (tertiary/aromatic N) is 1. The number of hydrogen-bond donors (Lipinski definition) is 1. The SMILES string of the molecule is Cc1cccc(C(=O)NCC(C)(C)c2cccc(C(F)(F)F)c2)c1[N+](=O)[O-]. The lowest BCUT2D eigenvalue weighted by atomic mass is 9.83. The third-order valence-electron chi connectivity index (χ3n) is 4.33. The molecular formula is C19H19F3N2O3. The first-order valence-electron chi connectivity index (χ1n) is 8.13. The van der Waals surface area contributed by atoms with Gasteiger partial charge in [-0.25, -0.2) is 0 Å². The fourth-order valence-electron chi connectivity index (χ4n) is 2.70. The highest BCUT2D eigenvalue weighted by Crippen LogP contribution is 2.32. The van der Waals surface area contributed by atoms with Gasteiger partial charge in [-0.2, -0.15) is 13.2 Å². The van der Waals surface area contributed by atoms with E-state index >= 15 is 0 Å². The number of amides is 1. The lowest BCUT2D eigenvalue weighted by Crippen LogP contribution is -2.37. The van der Waals surface area contributed by atoms with E-state index in [0.717, 1.165) is 12.1 Å². The Labute approximate surface area is 154 Å². The fraction of sp³-hybridized carbons (Fsp3) is 0.316. The molecule has 0 saturated carbocycles. The van der Waals surface area contributed by atoms with E-state index < -0.39 is 28.0 Å². The maximum atomic E-state index is 12.9. The monoisotopic (exact) mass is 380 g/mol. The first-order valence-corrected chi connectivity index (χ1v) is 8.13. The number of halogens is 3. The number of rotatable bonds is 5. The van der Waals surface area contributed by atoms with Crippen molar-refractivity contribution in [3.05, 3.63) is 74.8 Å². The summed E-state index contributed by atoms with van der Waals surface area (Å²) in [5.74, 6) is -0.648. The third-order valence-corrected chi connectivity index (χ3v) is 4.33. The van der Waals surface area contributed by atoms with Crippen molar-refractivity contribution in [3.63, 3.8) is 0 Å². The second-order valence-corrected chi connectivity index (χ2v) is 6.87. The number of benzene rings is 2. The van der Waals surface area contributed by atoms with E-state index in [1.165, 1.54) is 31.2 Å². The molecule has 0 unspecified atom stereocenters. The summed E-state index contributed by atoms with van der Waals surface area (Å²) in [6.45, 7) is 4.92. The number of nitrogens with one attached hydrogen (secondary N) is 1. The second kappa shape index (κ2) is 7.38. The minimum Gasteiger partial charge on any atom is -0.351 e. The predicted octanol–water partition coefficient (Wildman–Crippen LogP) is 4.63. The zero-order valence-electron chi connectivity index (χ0n) is 15.1. The summed E-state index contributed by atoms with van der Waals surface area (Å²) >= 11 is 0. The van der Waals surface area contributed by atoms with Crippen molar-refractivity contribution in [2.24, 2.45) is 0 Å². The van der Waals surface area contributed by atoms with Crippen LogP contribution in [0.25, 0.3) is 0 Å². The highest BCUT2D eigenvalue weighted by molar-refractivity contribution is 5.98. The summed E-state index contributed by atoms with van der Waals surface area (Å²) in [5.41, 5.74) is -1.20. The normalized spacial score (nSPS) is 11.9. The second-order valence-electron chi connectivity index (χ2n) is 6.87. The molecule has 0 bridgehead atoms. The quantitative estimate of drug-likeness (QED) is 0.607. The summed E-state index contributed by atoms with van der Waals surface area (Å²) in [6, 6.07) is 9.30. The van der Waals surface area contributed by atoms with E-state index in [1.54, 1.807) is 19.9 Å². The van der Waals surface area contributed by atoms with Gasteiger partial charge >= 0.3 is 6.18 Å². The molecule has 2 aromatic rings. The summed E-state index contributed by atoms with van der Waals surface area (Å²) < 4.78 is 38.7. The van der Waals surface area contributed by atoms with Crippen LogP contribution >= 0.6 is 0 Å². The molecule has 27 heavy (non-hydrogen) atoms. The van der Waals surface area contributed by atoms with E-state index in [2.05, 4.69) is 5.32 Å². The van der Waals surface area contributed by atoms with Gasteiger partial charge in [0.25, 0.3) is 11.6 Å². The molecule has 0 saturated heterocycles. The van der Waals surface area contributed by atoms with Crippen molar-refractivity contribution in [1.29, 1.82) is 0 Å². The fourth-order valence-corrected chi connectivity index (χ4v) is 2.70. The van der Waals surface area contributed by atoms with E-state index in [0.29, 0.717) is 11.1 Å². The Morgan fingerprint density at radius 2 is 1.70 bits per heavy atom. The van der Waals surface area contributed by atoms with E-state index in [4.69, 9.17) is 0 Å². The van der Waals surface area contributed by atoms with Crippen LogP contribution in [0.4, 0.5) is 18.9 Å². The zero-order chi connectivity index (χ0) is 20.4. The molecule has 0 aromatic heterocycles. The standard InChI is InChI=1S/C19H19F3N2O3/c1-12-6-4-9-15(16(12)24(26)27)17(25)23-11-18(2,3)13-7-5-8-14(10-13)19(20,21)22/h4-10H,11H2,1-3H3,(H,23,25). The first-order chi connectivity index (χ1) is 12.4. The molecule has 1 N–H and O–H groups in total. The van der Waals surface area contributed by atoms with Crippen molar-refractivity contribution in [2.45, 2.75) is 32.4 Å². The largest absolute Gasteiger partial charge is 0.416 e. The lowest BCUT2D eigenvalue weighted by molar-refractivity contribution is -0.385. The number of carbonyl (C=O) groups is 1. The Morgan fingerprint density at radius 1 is 1.11 bits per heavy atom. The van der Waals surface area contributed by atoms with Gasteiger partial charge in [-0.1, -0.05) is 44.2 Å². The number of aryl methyl sites for hydroxylation is 1. The molecule has 5 nitrogen and oxygen atoms in total. The van der Waals surface area contributed by atoms with Crippen LogP contribution in [0, 0.1) is 17.0 Å². The minimum absolute atomic E-state index is 0.0121. The molecule has 2 aromatic carbocycles. The number of alkyl halides is 3. The first kappa shape index (κ1) is 20.4. The molecule has 0 aliphatic rings. The lowest BCUT2D eigenvalue weighted by Gasteiger charge is -2.26. The summed E-state index contributed by atoms with van der Waals surface area (Å²) in [7, 11) is 0. The van der Waals surface area contributed by atoms with Crippen LogP contribution in [0.1, 0.15) is 40.9 Å². The molecule has 0 aliphatic carbocycles. The van der Waals surface area contributed by atoms with E-state index in [9.17, 15) is 28.1 Å². The van der Waals surface area contributed by atoms with Crippen molar-refractivity contribution >= 4 is 11.6 Å². The van der Waals surface area contributed by atoms with Gasteiger partial charge in [0.15, 0.2) is 0 Å². The Bertz CT molecular complexity index is 877. The smallest absolute Gasteiger partial charge is 0.351 e. The van der Waals surface area contributed by atoms with Crippen LogP contribution in [-0.4, -0.2) is 17.4 Å². The number of hydrogen-bond acceptors (Lipinski definition) is 3. The van der Waals surface area contributed by atoms with Crippen LogP contribution in [0.3, 0.4) is 0 Å². The molecule has 0 heterocycles. The van der Waals surface area contributed by atoms with E-state index in [-0.39, 0.29) is 17.8 Å². The van der Waals surface area contributed by atoms with Gasteiger partial charge in [-0.05, 0) is 24.6 Å². The van der Waals surface area contributed by atoms with E-state index in [1.807, 2.05) is 0 Å². The maximum absolute atomic E-state index is 12.9. The average molecular weight is 380 g/mol. The van der Waals surface area contributed by atoms with Crippen molar-refractivity contribution in [3.8, 4) is 0 Å². The van der Waals surface area contributed by atoms with Gasteiger partial charge in [0.1, 0.15) is 5.56 Å². The molecule has 0 aliphatic heterocycles. The minimum atomic E-state index is -4.46. The molecule has 8 heteroatoms. The third kappa shape index (κ3) is 4.64. The highest BCUT2D eigenvalue weighted by atomic mass is 19.4. The van der Waals surface area contributed by atoms with Crippen LogP contribution in [-0.2, 0) is 11.6 Å². The molecule has 0 atom stereocenters. The van der Waals surface area contributed by atoms with Crippen molar-refractivity contribution < 1.29 is 22.9 Å². The molecule has 0 radical (unpaired) electrons. The Balaban J connectivity index is 2.22. The van der Waals surface area contributed by atoms with Crippen molar-refractivity contribution in [2.75, 3.05) is 6.54 Å². The number of carbonyl (C=O) groups excluding carboxylic acids is 1. The summed E-state index contributed by atoms with van der Waals surface area (Å²) in [4.78, 5) is 23.0. The van der Waals surface area contributed by atoms with Gasteiger partial charge in [-0.3, -0.25) is 14.9 Å². The Morgan fingerprint density at radius 3 is 2.30 bits per heavy atom. The van der Waals surface area contributed by atoms with Gasteiger partial charge in [-0.15, -0.1) is 0 Å². The van der Waals surface area contributed by atoms with Crippen LogP contribution < -0.4 is 5.32 Å². The summed E-state index contributed by atoms with van der Waals surface area (Å²) in [5, 5.41) is 13.8. The van der Waals surface area contributed by atoms with Crippen LogP contribution in [0.15, 0.2) is 42.5 Å². The van der Waals surface area contributed by atoms with Gasteiger partial charge in [0.05, 0.1) is 10.5 Å². The molecular weight excluding hydrogens is 361 g/mol. The van der Waals surface area contributed by atoms with Gasteiger partial charge in [0.2, 0.25) is 0 Å². The maximum Gasteiger partial charge on any atom is 0.416 e. The highest BCUT2D eigenvalue weighted by Gasteiger charge is 2.32. The zero-order valence-corrected chi connectivity index (χ0v) is 15.1. The van der Waals surface area contributed by atoms with Gasteiger partial charge in [0, 0.05) is 17.5 Å². The number of nitro groups is 1. The van der Waals surface area contributed by atoms with Gasteiger partial charge < -0.3 is 5.32 Å². The Kier molecular flexibility index (Phi) is 5.58. The van der Waals surface area contributed by atoms with Crippen molar-refractivity contribution in [1.82, 2.24) is 5.32 Å². The number of nitro benzene ring substituents is 1. The molecule has 0 fully saturated rings. The average Bonchev–Trinajstić information content (AvgIpc) is 2.58. The molecule has 144 valence electrons. The molecule has 0 spiro atoms. The topological polar surface area (TPSA) is 72.2 Å². The molecule has 1 amide bonds. The molecule has 2 rings (SSSR count). The predicted molar refractivity (Wildman–Crippen MR) is 94.6 cm³/mol. The van der Waals surface area contributed by atoms with Crippen LogP contribution in [0.5, 0.6) is 0 Å². The summed E-state index contributed by atoms with van der Waals surface area (Å²) in [6.07, 6.45) is -4.46. The number of para-hydroxylation sites is 1. The Hall–Kier alpha value is -2.90. The van der Waals surface area contributed by atoms with Crippen LogP contribution in [0.2, 0.25) is 0 Å².